The van der Waals surface area contributed by atoms with Crippen LogP contribution in [0.15, 0.2) is 53.7 Å². The summed E-state index contributed by atoms with van der Waals surface area (Å²) in [6.45, 7) is 1.05. The number of thioether (sulfide) groups is 1. The van der Waals surface area contributed by atoms with E-state index >= 15 is 0 Å². The second kappa shape index (κ2) is 8.20. The molecular weight excluding hydrogens is 320 g/mol. The van der Waals surface area contributed by atoms with Crippen LogP contribution >= 0.6 is 11.8 Å². The third-order valence-corrected chi connectivity index (χ3v) is 5.02. The van der Waals surface area contributed by atoms with Crippen molar-refractivity contribution >= 4 is 17.9 Å². The smallest absolute Gasteiger partial charge is 0.410 e. The number of amides is 1. The lowest BCUT2D eigenvalue weighted by molar-refractivity contribution is 0.0672. The van der Waals surface area contributed by atoms with Gasteiger partial charge in [0.1, 0.15) is 11.6 Å². The molecule has 0 N–H and O–H groups in total. The van der Waals surface area contributed by atoms with Crippen molar-refractivity contribution in [2.45, 2.75) is 36.9 Å². The standard InChI is InChI=1S/C19H22N2O2S/c1-24-18-16(10-7-12-20-18)17-11-5-6-13-21(17)19(22)23-14-15-8-3-2-4-9-15/h2-4,7-10,12,17H,5-6,11,13-14H2,1H3/t17-/m0/s1. The van der Waals surface area contributed by atoms with E-state index in [0.29, 0.717) is 6.61 Å². The van der Waals surface area contributed by atoms with Crippen LogP contribution in [0.25, 0.3) is 0 Å². The minimum absolute atomic E-state index is 0.0539. The van der Waals surface area contributed by atoms with E-state index in [1.165, 1.54) is 0 Å². The van der Waals surface area contributed by atoms with Crippen LogP contribution < -0.4 is 0 Å². The molecule has 1 saturated heterocycles. The Morgan fingerprint density at radius 3 is 2.88 bits per heavy atom. The number of ether oxygens (including phenoxy) is 1. The molecule has 1 aromatic carbocycles. The average Bonchev–Trinajstić information content (AvgIpc) is 2.67. The lowest BCUT2D eigenvalue weighted by atomic mass is 9.97. The number of carbonyl (C=O) groups excluding carboxylic acids is 1. The summed E-state index contributed by atoms with van der Waals surface area (Å²) in [6, 6.07) is 13.9. The van der Waals surface area contributed by atoms with Crippen LogP contribution in [-0.2, 0) is 11.3 Å². The van der Waals surface area contributed by atoms with Crippen LogP contribution in [0.3, 0.4) is 0 Å². The molecule has 126 valence electrons. The summed E-state index contributed by atoms with van der Waals surface area (Å²) in [5.74, 6) is 0. The zero-order valence-electron chi connectivity index (χ0n) is 13.9. The Morgan fingerprint density at radius 2 is 2.08 bits per heavy atom. The minimum atomic E-state index is -0.237. The van der Waals surface area contributed by atoms with Crippen LogP contribution in [-0.4, -0.2) is 28.8 Å². The average molecular weight is 342 g/mol. The van der Waals surface area contributed by atoms with Crippen LogP contribution in [0.1, 0.15) is 36.4 Å². The molecule has 0 radical (unpaired) electrons. The van der Waals surface area contributed by atoms with E-state index in [9.17, 15) is 4.79 Å². The van der Waals surface area contributed by atoms with E-state index in [4.69, 9.17) is 4.74 Å². The third kappa shape index (κ3) is 3.90. The fourth-order valence-electron chi connectivity index (χ4n) is 3.10. The highest BCUT2D eigenvalue weighted by Crippen LogP contribution is 2.35. The first-order valence-electron chi connectivity index (χ1n) is 8.26. The Kier molecular flexibility index (Phi) is 5.75. The van der Waals surface area contributed by atoms with Crippen molar-refractivity contribution in [1.29, 1.82) is 0 Å². The van der Waals surface area contributed by atoms with Crippen molar-refractivity contribution in [3.8, 4) is 0 Å². The van der Waals surface area contributed by atoms with Crippen molar-refractivity contribution < 1.29 is 9.53 Å². The molecule has 1 aliphatic heterocycles. The molecule has 5 heteroatoms. The zero-order chi connectivity index (χ0) is 16.8. The van der Waals surface area contributed by atoms with Crippen molar-refractivity contribution in [3.63, 3.8) is 0 Å². The van der Waals surface area contributed by atoms with Gasteiger partial charge in [0.2, 0.25) is 0 Å². The van der Waals surface area contributed by atoms with Crippen molar-refractivity contribution in [1.82, 2.24) is 9.88 Å². The first-order chi connectivity index (χ1) is 11.8. The van der Waals surface area contributed by atoms with Crippen LogP contribution in [0.4, 0.5) is 4.79 Å². The molecule has 1 atom stereocenters. The second-order valence-corrected chi connectivity index (χ2v) is 6.64. The van der Waals surface area contributed by atoms with Gasteiger partial charge < -0.3 is 9.64 Å². The Morgan fingerprint density at radius 1 is 1.25 bits per heavy atom. The second-order valence-electron chi connectivity index (χ2n) is 5.85. The summed E-state index contributed by atoms with van der Waals surface area (Å²) in [5.41, 5.74) is 2.13. The molecule has 0 bridgehead atoms. The van der Waals surface area contributed by atoms with Crippen LogP contribution in [0, 0.1) is 0 Å². The predicted molar refractivity (Wildman–Crippen MR) is 95.9 cm³/mol. The quantitative estimate of drug-likeness (QED) is 0.758. The zero-order valence-corrected chi connectivity index (χ0v) is 14.7. The van der Waals surface area contributed by atoms with E-state index in [1.807, 2.05) is 47.6 Å². The topological polar surface area (TPSA) is 42.4 Å². The Bertz CT molecular complexity index is 678. The summed E-state index contributed by atoms with van der Waals surface area (Å²) in [6.07, 6.45) is 6.68. The number of benzene rings is 1. The SMILES string of the molecule is CSc1ncccc1[C@@H]1CCCCN1C(=O)OCc1ccccc1. The molecule has 1 fully saturated rings. The van der Waals surface area contributed by atoms with Crippen LogP contribution in [0.5, 0.6) is 0 Å². The Hall–Kier alpha value is -2.01. The maximum Gasteiger partial charge on any atom is 0.410 e. The number of carbonyl (C=O) groups is 1. The molecule has 1 aromatic heterocycles. The fourth-order valence-corrected chi connectivity index (χ4v) is 3.71. The molecule has 0 spiro atoms. The molecule has 0 aliphatic carbocycles. The highest BCUT2D eigenvalue weighted by Gasteiger charge is 2.30. The molecule has 2 aromatic rings. The molecule has 4 nitrogen and oxygen atoms in total. The number of hydrogen-bond acceptors (Lipinski definition) is 4. The molecule has 0 saturated carbocycles. The predicted octanol–water partition coefficient (Wildman–Crippen LogP) is 4.67. The van der Waals surface area contributed by atoms with Gasteiger partial charge in [-0.25, -0.2) is 9.78 Å². The third-order valence-electron chi connectivity index (χ3n) is 4.30. The minimum Gasteiger partial charge on any atom is -0.445 e. The summed E-state index contributed by atoms with van der Waals surface area (Å²) in [5, 5.41) is 0.991. The number of piperidine rings is 1. The molecule has 1 aliphatic rings. The molecule has 0 unspecified atom stereocenters. The monoisotopic (exact) mass is 342 g/mol. The maximum atomic E-state index is 12.6. The van der Waals surface area contributed by atoms with Crippen LogP contribution in [0.2, 0.25) is 0 Å². The number of pyridine rings is 1. The van der Waals surface area contributed by atoms with E-state index in [1.54, 1.807) is 18.0 Å². The molecule has 1 amide bonds. The lowest BCUT2D eigenvalue weighted by Crippen LogP contribution is -2.39. The van der Waals surface area contributed by atoms with Gasteiger partial charge in [-0.15, -0.1) is 11.8 Å². The molecule has 3 rings (SSSR count). The van der Waals surface area contributed by atoms with E-state index in [2.05, 4.69) is 11.1 Å². The summed E-state index contributed by atoms with van der Waals surface area (Å²) >= 11 is 1.62. The fraction of sp³-hybridized carbons (Fsp3) is 0.368. The Balaban J connectivity index is 1.73. The van der Waals surface area contributed by atoms with Crippen molar-refractivity contribution in [3.05, 3.63) is 59.8 Å². The normalized spacial score (nSPS) is 17.5. The first kappa shape index (κ1) is 16.8. The van der Waals surface area contributed by atoms with Gasteiger partial charge in [-0.1, -0.05) is 36.4 Å². The number of aromatic nitrogens is 1. The summed E-state index contributed by atoms with van der Waals surface area (Å²) in [7, 11) is 0. The van der Waals surface area contributed by atoms with E-state index in [-0.39, 0.29) is 12.1 Å². The summed E-state index contributed by atoms with van der Waals surface area (Å²) < 4.78 is 5.55. The van der Waals surface area contributed by atoms with Gasteiger partial charge in [0.05, 0.1) is 6.04 Å². The van der Waals surface area contributed by atoms with E-state index < -0.39 is 0 Å². The highest BCUT2D eigenvalue weighted by atomic mass is 32.2. The highest BCUT2D eigenvalue weighted by molar-refractivity contribution is 7.98. The number of rotatable bonds is 4. The maximum absolute atomic E-state index is 12.6. The first-order valence-corrected chi connectivity index (χ1v) is 9.48. The van der Waals surface area contributed by atoms with Crippen molar-refractivity contribution in [2.24, 2.45) is 0 Å². The molecular formula is C19H22N2O2S. The van der Waals surface area contributed by atoms with E-state index in [0.717, 1.165) is 42.0 Å². The summed E-state index contributed by atoms with van der Waals surface area (Å²) in [4.78, 5) is 18.9. The largest absolute Gasteiger partial charge is 0.445 e. The van der Waals surface area contributed by atoms with Gasteiger partial charge in [-0.2, -0.15) is 0 Å². The van der Waals surface area contributed by atoms with Crippen molar-refractivity contribution in [2.75, 3.05) is 12.8 Å². The van der Waals surface area contributed by atoms with Gasteiger partial charge in [-0.05, 0) is 37.1 Å². The number of likely N-dealkylation sites (tertiary alicyclic amines) is 1. The lowest BCUT2D eigenvalue weighted by Gasteiger charge is -2.35. The van der Waals surface area contributed by atoms with Gasteiger partial charge in [0.25, 0.3) is 0 Å². The molecule has 24 heavy (non-hydrogen) atoms. The Labute approximate surface area is 147 Å². The van der Waals surface area contributed by atoms with Gasteiger partial charge in [0.15, 0.2) is 0 Å². The van der Waals surface area contributed by atoms with Gasteiger partial charge in [0, 0.05) is 18.3 Å². The number of hydrogen-bond donors (Lipinski definition) is 0. The molecule has 2 heterocycles. The number of nitrogens with zero attached hydrogens (tertiary/aromatic N) is 2. The van der Waals surface area contributed by atoms with Gasteiger partial charge >= 0.3 is 6.09 Å². The van der Waals surface area contributed by atoms with Gasteiger partial charge in [-0.3, -0.25) is 0 Å².